The van der Waals surface area contributed by atoms with E-state index in [1.807, 2.05) is 0 Å². The number of nitrogens with one attached hydrogen (secondary N) is 1. The van der Waals surface area contributed by atoms with Crippen LogP contribution in [0.2, 0.25) is 0 Å². The number of anilines is 1. The Labute approximate surface area is 128 Å². The monoisotopic (exact) mass is 352 g/mol. The number of carbonyl (C=O) groups excluding carboxylic acids is 1. The maximum atomic E-state index is 13.9. The summed E-state index contributed by atoms with van der Waals surface area (Å²) in [5.41, 5.74) is 0.266. The third-order valence-corrected chi connectivity index (χ3v) is 3.54. The zero-order valence-electron chi connectivity index (χ0n) is 10.9. The van der Waals surface area contributed by atoms with Crippen molar-refractivity contribution in [3.63, 3.8) is 0 Å². The summed E-state index contributed by atoms with van der Waals surface area (Å²) < 4.78 is 14.3. The molecule has 2 aromatic carbocycles. The van der Waals surface area contributed by atoms with Gasteiger partial charge >= 0.3 is 0 Å². The zero-order chi connectivity index (χ0) is 15.6. The Hall–Kier alpha value is -2.28. The number of nitro benzene ring substituents is 1. The number of benzene rings is 2. The van der Waals surface area contributed by atoms with Gasteiger partial charge in [0.05, 0.1) is 16.2 Å². The predicted octanol–water partition coefficient (Wildman–Crippen LogP) is 4.06. The molecule has 2 rings (SSSR count). The van der Waals surface area contributed by atoms with E-state index in [4.69, 9.17) is 0 Å². The molecular weight excluding hydrogens is 343 g/mol. The highest BCUT2D eigenvalue weighted by Gasteiger charge is 2.16. The fraction of sp³-hybridized carbons (Fsp3) is 0.0714. The number of nitrogens with zero attached hydrogens (tertiary/aromatic N) is 1. The summed E-state index contributed by atoms with van der Waals surface area (Å²) in [5.74, 6) is -1.28. The lowest BCUT2D eigenvalue weighted by Crippen LogP contribution is -2.14. The first-order chi connectivity index (χ1) is 9.90. The van der Waals surface area contributed by atoms with Gasteiger partial charge in [-0.25, -0.2) is 4.39 Å². The molecule has 1 amide bonds. The molecule has 0 radical (unpaired) electrons. The number of halogens is 2. The fourth-order valence-corrected chi connectivity index (χ4v) is 2.08. The minimum atomic E-state index is -0.669. The Morgan fingerprint density at radius 2 is 2.05 bits per heavy atom. The molecule has 21 heavy (non-hydrogen) atoms. The molecule has 0 heterocycles. The highest BCUT2D eigenvalue weighted by Crippen LogP contribution is 2.27. The highest BCUT2D eigenvalue weighted by atomic mass is 79.9. The molecule has 1 N–H and O–H groups in total. The molecule has 0 unspecified atom stereocenters. The summed E-state index contributed by atoms with van der Waals surface area (Å²) in [7, 11) is 0. The molecule has 0 bridgehead atoms. The second-order valence-electron chi connectivity index (χ2n) is 4.31. The topological polar surface area (TPSA) is 72.2 Å². The van der Waals surface area contributed by atoms with Crippen LogP contribution >= 0.6 is 15.9 Å². The quantitative estimate of drug-likeness (QED) is 0.668. The molecule has 7 heteroatoms. The average Bonchev–Trinajstić information content (AvgIpc) is 2.43. The third-order valence-electron chi connectivity index (χ3n) is 2.85. The van der Waals surface area contributed by atoms with E-state index in [9.17, 15) is 19.3 Å². The van der Waals surface area contributed by atoms with E-state index < -0.39 is 16.6 Å². The van der Waals surface area contributed by atoms with Crippen LogP contribution in [0.25, 0.3) is 0 Å². The SMILES string of the molecule is Cc1cccc(C(=O)Nc2cc([N+](=O)[O-])ccc2Br)c1F. The Kier molecular flexibility index (Phi) is 4.32. The first-order valence-corrected chi connectivity index (χ1v) is 6.70. The molecule has 0 aliphatic carbocycles. The van der Waals surface area contributed by atoms with Crippen molar-refractivity contribution in [1.82, 2.24) is 0 Å². The lowest BCUT2D eigenvalue weighted by atomic mass is 10.1. The van der Waals surface area contributed by atoms with Gasteiger partial charge < -0.3 is 5.32 Å². The Bertz CT molecular complexity index is 734. The molecule has 0 aliphatic rings. The molecule has 5 nitrogen and oxygen atoms in total. The molecule has 0 fully saturated rings. The maximum absolute atomic E-state index is 13.9. The molecule has 108 valence electrons. The first kappa shape index (κ1) is 15.1. The normalized spacial score (nSPS) is 10.2. The van der Waals surface area contributed by atoms with Gasteiger partial charge in [0.2, 0.25) is 0 Å². The van der Waals surface area contributed by atoms with Crippen LogP contribution in [-0.2, 0) is 0 Å². The minimum absolute atomic E-state index is 0.117. The largest absolute Gasteiger partial charge is 0.321 e. The van der Waals surface area contributed by atoms with Gasteiger partial charge in [-0.2, -0.15) is 0 Å². The number of aryl methyl sites for hydroxylation is 1. The van der Waals surface area contributed by atoms with Crippen molar-refractivity contribution < 1.29 is 14.1 Å². The van der Waals surface area contributed by atoms with Gasteiger partial charge in [0, 0.05) is 16.6 Å². The number of nitro groups is 1. The maximum Gasteiger partial charge on any atom is 0.271 e. The van der Waals surface area contributed by atoms with Crippen molar-refractivity contribution >= 4 is 33.2 Å². The summed E-state index contributed by atoms with van der Waals surface area (Å²) in [6, 6.07) is 8.41. The van der Waals surface area contributed by atoms with Crippen molar-refractivity contribution in [2.45, 2.75) is 6.92 Å². The van der Waals surface area contributed by atoms with Gasteiger partial charge in [-0.1, -0.05) is 12.1 Å². The first-order valence-electron chi connectivity index (χ1n) is 5.90. The van der Waals surface area contributed by atoms with Gasteiger partial charge in [0.1, 0.15) is 5.82 Å². The van der Waals surface area contributed by atoms with Crippen molar-refractivity contribution in [3.05, 3.63) is 67.9 Å². The van der Waals surface area contributed by atoms with Crippen LogP contribution in [0.5, 0.6) is 0 Å². The Morgan fingerprint density at radius 3 is 2.71 bits per heavy atom. The molecule has 0 aromatic heterocycles. The zero-order valence-corrected chi connectivity index (χ0v) is 12.5. The van der Waals surface area contributed by atoms with Crippen molar-refractivity contribution in [2.75, 3.05) is 5.32 Å². The molecule has 0 aliphatic heterocycles. The number of hydrogen-bond acceptors (Lipinski definition) is 3. The van der Waals surface area contributed by atoms with E-state index >= 15 is 0 Å². The van der Waals surface area contributed by atoms with Gasteiger partial charge in [0.25, 0.3) is 11.6 Å². The van der Waals surface area contributed by atoms with E-state index in [1.165, 1.54) is 24.3 Å². The number of non-ortho nitro benzene ring substituents is 1. The third kappa shape index (κ3) is 3.25. The van der Waals surface area contributed by atoms with Gasteiger partial charge in [-0.05, 0) is 40.5 Å². The summed E-state index contributed by atoms with van der Waals surface area (Å²) in [5, 5.41) is 13.2. The lowest BCUT2D eigenvalue weighted by Gasteiger charge is -2.09. The molecule has 0 spiro atoms. The van der Waals surface area contributed by atoms with Crippen molar-refractivity contribution in [2.24, 2.45) is 0 Å². The van der Waals surface area contributed by atoms with Crippen LogP contribution in [0.1, 0.15) is 15.9 Å². The summed E-state index contributed by atoms with van der Waals surface area (Å²) in [4.78, 5) is 22.2. The van der Waals surface area contributed by atoms with Gasteiger partial charge in [0.15, 0.2) is 0 Å². The van der Waals surface area contributed by atoms with Crippen LogP contribution in [0.15, 0.2) is 40.9 Å². The van der Waals surface area contributed by atoms with E-state index in [0.29, 0.717) is 10.0 Å². The second-order valence-corrected chi connectivity index (χ2v) is 5.17. The predicted molar refractivity (Wildman–Crippen MR) is 79.9 cm³/mol. The summed E-state index contributed by atoms with van der Waals surface area (Å²) >= 11 is 3.18. The molecule has 0 saturated heterocycles. The van der Waals surface area contributed by atoms with Crippen molar-refractivity contribution in [1.29, 1.82) is 0 Å². The van der Waals surface area contributed by atoms with E-state index in [1.54, 1.807) is 19.1 Å². The van der Waals surface area contributed by atoms with Crippen molar-refractivity contribution in [3.8, 4) is 0 Å². The van der Waals surface area contributed by atoms with Gasteiger partial charge in [-0.15, -0.1) is 0 Å². The van der Waals surface area contributed by atoms with Crippen LogP contribution < -0.4 is 5.32 Å². The van der Waals surface area contributed by atoms with E-state index in [2.05, 4.69) is 21.2 Å². The number of amides is 1. The smallest absolute Gasteiger partial charge is 0.271 e. The molecule has 0 saturated carbocycles. The van der Waals surface area contributed by atoms with Crippen LogP contribution in [0.4, 0.5) is 15.8 Å². The number of rotatable bonds is 3. The summed E-state index contributed by atoms with van der Waals surface area (Å²) in [6.07, 6.45) is 0. The molecule has 0 atom stereocenters. The Morgan fingerprint density at radius 1 is 1.33 bits per heavy atom. The Balaban J connectivity index is 2.33. The second kappa shape index (κ2) is 6.01. The standard InChI is InChI=1S/C14H10BrFN2O3/c1-8-3-2-4-10(13(8)16)14(19)17-12-7-9(18(20)21)5-6-11(12)15/h2-7H,1H3,(H,17,19). The number of carbonyl (C=O) groups is 1. The number of hydrogen-bond donors (Lipinski definition) is 1. The lowest BCUT2D eigenvalue weighted by molar-refractivity contribution is -0.384. The van der Waals surface area contributed by atoms with E-state index in [0.717, 1.165) is 0 Å². The van der Waals surface area contributed by atoms with E-state index in [-0.39, 0.29) is 16.9 Å². The minimum Gasteiger partial charge on any atom is -0.321 e. The van der Waals surface area contributed by atoms with Crippen LogP contribution in [0, 0.1) is 22.9 Å². The molecule has 2 aromatic rings. The highest BCUT2D eigenvalue weighted by molar-refractivity contribution is 9.10. The average molecular weight is 353 g/mol. The van der Waals surface area contributed by atoms with Crippen LogP contribution in [0.3, 0.4) is 0 Å². The summed E-state index contributed by atoms with van der Waals surface area (Å²) in [6.45, 7) is 1.55. The molecular formula is C14H10BrFN2O3. The fourth-order valence-electron chi connectivity index (χ4n) is 1.74. The van der Waals surface area contributed by atoms with Gasteiger partial charge in [-0.3, -0.25) is 14.9 Å². The van der Waals surface area contributed by atoms with Crippen LogP contribution in [-0.4, -0.2) is 10.8 Å².